The standard InChI is InChI=1S/C10H17N7O2S/c1-2-5-17-8-9(10(11)14-17)20(18,19)13-4-7-16-6-3-12-15-16/h3,6,8,13H,2,4-5,7H2,1H3,(H2,11,14). The molecule has 0 saturated carbocycles. The minimum Gasteiger partial charge on any atom is -0.381 e. The van der Waals surface area contributed by atoms with Gasteiger partial charge in [-0.25, -0.2) is 13.1 Å². The largest absolute Gasteiger partial charge is 0.381 e. The van der Waals surface area contributed by atoms with Gasteiger partial charge in [-0.3, -0.25) is 9.36 Å². The number of rotatable bonds is 7. The first kappa shape index (κ1) is 14.5. The predicted molar refractivity (Wildman–Crippen MR) is 72.1 cm³/mol. The van der Waals surface area contributed by atoms with Crippen molar-refractivity contribution < 1.29 is 8.42 Å². The molecule has 2 heterocycles. The number of nitrogens with one attached hydrogen (secondary N) is 1. The van der Waals surface area contributed by atoms with Crippen molar-refractivity contribution >= 4 is 15.8 Å². The van der Waals surface area contributed by atoms with Gasteiger partial charge in [0.05, 0.1) is 12.7 Å². The van der Waals surface area contributed by atoms with E-state index in [-0.39, 0.29) is 17.3 Å². The molecule has 10 heteroatoms. The minimum absolute atomic E-state index is 0.00420. The van der Waals surface area contributed by atoms with E-state index in [0.717, 1.165) is 6.42 Å². The van der Waals surface area contributed by atoms with Crippen LogP contribution in [0.5, 0.6) is 0 Å². The number of nitrogens with zero attached hydrogens (tertiary/aromatic N) is 5. The lowest BCUT2D eigenvalue weighted by Gasteiger charge is -2.05. The van der Waals surface area contributed by atoms with Crippen LogP contribution >= 0.6 is 0 Å². The van der Waals surface area contributed by atoms with Crippen LogP contribution < -0.4 is 10.5 Å². The smallest absolute Gasteiger partial charge is 0.245 e. The zero-order valence-electron chi connectivity index (χ0n) is 11.1. The first-order chi connectivity index (χ1) is 9.53. The Balaban J connectivity index is 2.02. The molecule has 0 aliphatic rings. The van der Waals surface area contributed by atoms with Crippen LogP contribution in [0.2, 0.25) is 0 Å². The first-order valence-corrected chi connectivity index (χ1v) is 7.68. The Kier molecular flexibility index (Phi) is 4.35. The van der Waals surface area contributed by atoms with Crippen molar-refractivity contribution in [1.82, 2.24) is 29.5 Å². The van der Waals surface area contributed by atoms with Gasteiger partial charge in [0, 0.05) is 25.5 Å². The molecule has 9 nitrogen and oxygen atoms in total. The van der Waals surface area contributed by atoms with Gasteiger partial charge in [0.15, 0.2) is 5.82 Å². The van der Waals surface area contributed by atoms with Gasteiger partial charge >= 0.3 is 0 Å². The van der Waals surface area contributed by atoms with E-state index in [1.807, 2.05) is 6.92 Å². The van der Waals surface area contributed by atoms with Gasteiger partial charge in [0.2, 0.25) is 10.0 Å². The normalized spacial score (nSPS) is 11.8. The molecule has 0 spiro atoms. The van der Waals surface area contributed by atoms with Crippen LogP contribution in [0.25, 0.3) is 0 Å². The molecule has 110 valence electrons. The summed E-state index contributed by atoms with van der Waals surface area (Å²) in [4.78, 5) is 0.00420. The average molecular weight is 299 g/mol. The van der Waals surface area contributed by atoms with Crippen molar-refractivity contribution in [3.05, 3.63) is 18.6 Å². The number of aryl methyl sites for hydroxylation is 1. The van der Waals surface area contributed by atoms with Crippen molar-refractivity contribution in [3.8, 4) is 0 Å². The van der Waals surface area contributed by atoms with Gasteiger partial charge in [0.1, 0.15) is 4.90 Å². The molecule has 2 rings (SSSR count). The van der Waals surface area contributed by atoms with Crippen LogP contribution in [0.4, 0.5) is 5.82 Å². The summed E-state index contributed by atoms with van der Waals surface area (Å²) >= 11 is 0. The molecule has 0 aromatic carbocycles. The van der Waals surface area contributed by atoms with Crippen LogP contribution in [-0.4, -0.2) is 39.7 Å². The van der Waals surface area contributed by atoms with Crippen molar-refractivity contribution in [3.63, 3.8) is 0 Å². The minimum atomic E-state index is -3.66. The molecule has 0 unspecified atom stereocenters. The second-order valence-corrected chi connectivity index (χ2v) is 5.94. The quantitative estimate of drug-likeness (QED) is 0.707. The molecule has 20 heavy (non-hydrogen) atoms. The number of nitrogens with two attached hydrogens (primary N) is 1. The second-order valence-electron chi connectivity index (χ2n) is 4.21. The van der Waals surface area contributed by atoms with Crippen molar-refractivity contribution in [1.29, 1.82) is 0 Å². The Labute approximate surface area is 116 Å². The van der Waals surface area contributed by atoms with Crippen molar-refractivity contribution in [2.75, 3.05) is 12.3 Å². The van der Waals surface area contributed by atoms with E-state index >= 15 is 0 Å². The maximum absolute atomic E-state index is 12.1. The lowest BCUT2D eigenvalue weighted by Crippen LogP contribution is -2.28. The summed E-state index contributed by atoms with van der Waals surface area (Å²) in [5.41, 5.74) is 5.65. The van der Waals surface area contributed by atoms with Crippen molar-refractivity contribution in [2.24, 2.45) is 0 Å². The highest BCUT2D eigenvalue weighted by Gasteiger charge is 2.20. The van der Waals surface area contributed by atoms with Crippen LogP contribution in [-0.2, 0) is 23.1 Å². The molecule has 0 aliphatic carbocycles. The molecule has 0 amide bonds. The third kappa shape index (κ3) is 3.33. The van der Waals surface area contributed by atoms with Gasteiger partial charge < -0.3 is 5.73 Å². The summed E-state index contributed by atoms with van der Waals surface area (Å²) < 4.78 is 29.7. The number of anilines is 1. The molecule has 0 radical (unpaired) electrons. The van der Waals surface area contributed by atoms with E-state index in [1.54, 1.807) is 6.20 Å². The Bertz CT molecular complexity index is 647. The third-order valence-electron chi connectivity index (χ3n) is 2.60. The fourth-order valence-electron chi connectivity index (χ4n) is 1.69. The number of hydrogen-bond acceptors (Lipinski definition) is 6. The van der Waals surface area contributed by atoms with Gasteiger partial charge in [-0.1, -0.05) is 12.1 Å². The molecule has 2 aromatic rings. The summed E-state index contributed by atoms with van der Waals surface area (Å²) in [5.74, 6) is 0.00621. The van der Waals surface area contributed by atoms with Crippen LogP contribution in [0, 0.1) is 0 Å². The zero-order chi connectivity index (χ0) is 14.6. The number of aromatic nitrogens is 5. The molecule has 0 fully saturated rings. The highest BCUT2D eigenvalue weighted by Crippen LogP contribution is 2.15. The summed E-state index contributed by atoms with van der Waals surface area (Å²) in [7, 11) is -3.66. The van der Waals surface area contributed by atoms with E-state index in [2.05, 4.69) is 20.1 Å². The summed E-state index contributed by atoms with van der Waals surface area (Å²) in [5, 5.41) is 11.4. The van der Waals surface area contributed by atoms with Gasteiger partial charge in [-0.15, -0.1) is 5.10 Å². The fraction of sp³-hybridized carbons (Fsp3) is 0.500. The lowest BCUT2D eigenvalue weighted by atomic mass is 10.5. The third-order valence-corrected chi connectivity index (χ3v) is 4.08. The molecule has 3 N–H and O–H groups in total. The highest BCUT2D eigenvalue weighted by atomic mass is 32.2. The molecular weight excluding hydrogens is 282 g/mol. The second kappa shape index (κ2) is 6.01. The molecule has 0 aliphatic heterocycles. The summed E-state index contributed by atoms with van der Waals surface area (Å²) in [6, 6.07) is 0. The van der Waals surface area contributed by atoms with E-state index in [4.69, 9.17) is 5.73 Å². The molecule has 0 atom stereocenters. The van der Waals surface area contributed by atoms with Gasteiger partial charge in [-0.2, -0.15) is 5.10 Å². The Morgan fingerprint density at radius 3 is 2.80 bits per heavy atom. The Hall–Kier alpha value is -1.94. The Morgan fingerprint density at radius 2 is 2.15 bits per heavy atom. The summed E-state index contributed by atoms with van der Waals surface area (Å²) in [6.07, 6.45) is 5.47. The molecule has 2 aromatic heterocycles. The average Bonchev–Trinajstić information content (AvgIpc) is 2.99. The topological polar surface area (TPSA) is 121 Å². The zero-order valence-corrected chi connectivity index (χ0v) is 11.9. The maximum Gasteiger partial charge on any atom is 0.245 e. The van der Waals surface area contributed by atoms with E-state index in [9.17, 15) is 8.42 Å². The number of nitrogen functional groups attached to an aromatic ring is 1. The first-order valence-electron chi connectivity index (χ1n) is 6.19. The van der Waals surface area contributed by atoms with E-state index in [1.165, 1.54) is 21.8 Å². The SMILES string of the molecule is CCCn1cc(S(=O)(=O)NCCn2ccnn2)c(N)n1. The molecule has 0 saturated heterocycles. The Morgan fingerprint density at radius 1 is 1.35 bits per heavy atom. The number of hydrogen-bond donors (Lipinski definition) is 2. The summed E-state index contributed by atoms with van der Waals surface area (Å²) in [6.45, 7) is 3.19. The van der Waals surface area contributed by atoms with E-state index in [0.29, 0.717) is 13.1 Å². The van der Waals surface area contributed by atoms with Crippen molar-refractivity contribution in [2.45, 2.75) is 31.3 Å². The van der Waals surface area contributed by atoms with E-state index < -0.39 is 10.0 Å². The van der Waals surface area contributed by atoms with Crippen LogP contribution in [0.15, 0.2) is 23.5 Å². The van der Waals surface area contributed by atoms with Crippen LogP contribution in [0.3, 0.4) is 0 Å². The lowest BCUT2D eigenvalue weighted by molar-refractivity contribution is 0.552. The van der Waals surface area contributed by atoms with Gasteiger partial charge in [-0.05, 0) is 6.42 Å². The van der Waals surface area contributed by atoms with Gasteiger partial charge in [0.25, 0.3) is 0 Å². The maximum atomic E-state index is 12.1. The van der Waals surface area contributed by atoms with Crippen LogP contribution in [0.1, 0.15) is 13.3 Å². The number of sulfonamides is 1. The molecular formula is C10H17N7O2S. The highest BCUT2D eigenvalue weighted by molar-refractivity contribution is 7.89. The monoisotopic (exact) mass is 299 g/mol. The predicted octanol–water partition coefficient (Wildman–Crippen LogP) is -0.555. The fourth-order valence-corrected chi connectivity index (χ4v) is 2.79. The molecule has 0 bridgehead atoms.